The van der Waals surface area contributed by atoms with E-state index in [0.717, 1.165) is 4.90 Å². The minimum Gasteiger partial charge on any atom is -0.478 e. The van der Waals surface area contributed by atoms with Gasteiger partial charge in [0.25, 0.3) is 0 Å². The van der Waals surface area contributed by atoms with Crippen LogP contribution in [0.3, 0.4) is 0 Å². The van der Waals surface area contributed by atoms with Gasteiger partial charge >= 0.3 is 12.1 Å². The van der Waals surface area contributed by atoms with Gasteiger partial charge in [-0.05, 0) is 25.3 Å². The number of carboxylic acid groups (broad SMARTS) is 1. The molecule has 1 heterocycles. The first-order valence-electron chi connectivity index (χ1n) is 6.68. The number of aromatic nitrogens is 2. The Labute approximate surface area is 120 Å². The quantitative estimate of drug-likeness (QED) is 0.875. The van der Waals surface area contributed by atoms with Crippen molar-refractivity contribution < 1.29 is 23.1 Å². The van der Waals surface area contributed by atoms with E-state index in [1.165, 1.54) is 6.92 Å². The van der Waals surface area contributed by atoms with E-state index in [1.807, 2.05) is 0 Å². The Balaban J connectivity index is 3.43. The van der Waals surface area contributed by atoms with Gasteiger partial charge in [-0.3, -0.25) is 0 Å². The van der Waals surface area contributed by atoms with E-state index in [4.69, 9.17) is 0 Å². The lowest BCUT2D eigenvalue weighted by molar-refractivity contribution is -0.119. The van der Waals surface area contributed by atoms with Gasteiger partial charge in [0.2, 0.25) is 0 Å². The Bertz CT molecular complexity index is 518. The number of carboxylic acids is 1. The zero-order valence-corrected chi connectivity index (χ0v) is 12.2. The van der Waals surface area contributed by atoms with Crippen molar-refractivity contribution in [3.8, 4) is 0 Å². The molecule has 0 spiro atoms. The predicted molar refractivity (Wildman–Crippen MR) is 71.7 cm³/mol. The molecule has 0 atom stereocenters. The lowest BCUT2D eigenvalue weighted by atomic mass is 10.0. The summed E-state index contributed by atoms with van der Waals surface area (Å²) in [5.41, 5.74) is 0.757. The third-order valence-corrected chi connectivity index (χ3v) is 3.09. The normalized spacial score (nSPS) is 11.5. The van der Waals surface area contributed by atoms with E-state index in [9.17, 15) is 23.1 Å². The number of halogens is 3. The molecule has 1 aromatic heterocycles. The molecule has 1 N–H and O–H groups in total. The second-order valence-corrected chi connectivity index (χ2v) is 4.47. The lowest BCUT2D eigenvalue weighted by Crippen LogP contribution is -2.36. The van der Waals surface area contributed by atoms with Crippen molar-refractivity contribution in [3.63, 3.8) is 0 Å². The maximum Gasteiger partial charge on any atom is 0.405 e. The number of hydrogen-bond donors (Lipinski definition) is 1. The molecular formula is C13H18F3N3O2. The molecule has 0 unspecified atom stereocenters. The fraction of sp³-hybridized carbons (Fsp3) is 0.615. The van der Waals surface area contributed by atoms with Crippen molar-refractivity contribution in [2.24, 2.45) is 0 Å². The topological polar surface area (TPSA) is 66.3 Å². The van der Waals surface area contributed by atoms with E-state index < -0.39 is 18.7 Å². The van der Waals surface area contributed by atoms with Gasteiger partial charge in [0, 0.05) is 6.54 Å². The lowest BCUT2D eigenvalue weighted by Gasteiger charge is -2.25. The van der Waals surface area contributed by atoms with Gasteiger partial charge in [-0.15, -0.1) is 5.10 Å². The molecule has 1 rings (SSSR count). The van der Waals surface area contributed by atoms with Crippen LogP contribution < -0.4 is 4.90 Å². The number of aromatic carboxylic acids is 1. The Morgan fingerprint density at radius 2 is 1.81 bits per heavy atom. The predicted octanol–water partition coefficient (Wildman–Crippen LogP) is 2.69. The van der Waals surface area contributed by atoms with Crippen molar-refractivity contribution >= 4 is 11.8 Å². The highest BCUT2D eigenvalue weighted by Gasteiger charge is 2.33. The van der Waals surface area contributed by atoms with Crippen LogP contribution in [0.15, 0.2) is 0 Å². The molecule has 0 saturated heterocycles. The minimum atomic E-state index is -4.44. The molecule has 0 aliphatic heterocycles. The zero-order chi connectivity index (χ0) is 16.2. The van der Waals surface area contributed by atoms with Crippen LogP contribution in [0.2, 0.25) is 0 Å². The summed E-state index contributed by atoms with van der Waals surface area (Å²) in [4.78, 5) is 12.4. The van der Waals surface area contributed by atoms with E-state index in [0.29, 0.717) is 24.1 Å². The maximum atomic E-state index is 12.6. The van der Waals surface area contributed by atoms with Crippen molar-refractivity contribution in [2.75, 3.05) is 18.0 Å². The molecule has 0 aromatic carbocycles. The first-order chi connectivity index (χ1) is 9.75. The summed E-state index contributed by atoms with van der Waals surface area (Å²) in [5, 5.41) is 17.0. The molecule has 0 bridgehead atoms. The van der Waals surface area contributed by atoms with Crippen LogP contribution in [0.1, 0.15) is 42.4 Å². The Morgan fingerprint density at radius 1 is 1.19 bits per heavy atom. The summed E-state index contributed by atoms with van der Waals surface area (Å²) in [6.07, 6.45) is -3.59. The van der Waals surface area contributed by atoms with Crippen molar-refractivity contribution in [1.82, 2.24) is 10.2 Å². The number of aryl methyl sites for hydroxylation is 1. The van der Waals surface area contributed by atoms with Gasteiger partial charge in [-0.2, -0.15) is 18.3 Å². The highest BCUT2D eigenvalue weighted by Crippen LogP contribution is 2.27. The molecule has 0 saturated carbocycles. The largest absolute Gasteiger partial charge is 0.478 e. The Kier molecular flexibility index (Phi) is 5.51. The molecule has 0 aliphatic carbocycles. The molecule has 8 heteroatoms. The number of alkyl halides is 3. The van der Waals surface area contributed by atoms with E-state index in [1.54, 1.807) is 13.8 Å². The summed E-state index contributed by atoms with van der Waals surface area (Å²) >= 11 is 0. The fourth-order valence-electron chi connectivity index (χ4n) is 2.16. The van der Waals surface area contributed by atoms with Gasteiger partial charge in [0.15, 0.2) is 5.82 Å². The molecule has 21 heavy (non-hydrogen) atoms. The SMILES string of the molecule is CCc1nnc(N(CC)CC(F)(F)F)c(C(=O)O)c1CC. The average molecular weight is 305 g/mol. The first kappa shape index (κ1) is 17.2. The second-order valence-electron chi connectivity index (χ2n) is 4.47. The molecule has 0 amide bonds. The molecule has 0 fully saturated rings. The van der Waals surface area contributed by atoms with Crippen LogP contribution in [0, 0.1) is 0 Å². The van der Waals surface area contributed by atoms with Crippen LogP contribution >= 0.6 is 0 Å². The van der Waals surface area contributed by atoms with Crippen molar-refractivity contribution in [3.05, 3.63) is 16.8 Å². The second kappa shape index (κ2) is 6.73. The zero-order valence-electron chi connectivity index (χ0n) is 12.2. The van der Waals surface area contributed by atoms with Crippen molar-refractivity contribution in [2.45, 2.75) is 39.8 Å². The third-order valence-electron chi connectivity index (χ3n) is 3.09. The van der Waals surface area contributed by atoms with Gasteiger partial charge < -0.3 is 10.0 Å². The summed E-state index contributed by atoms with van der Waals surface area (Å²) in [7, 11) is 0. The first-order valence-corrected chi connectivity index (χ1v) is 6.68. The molecule has 1 aromatic rings. The van der Waals surface area contributed by atoms with Crippen LogP contribution in [0.4, 0.5) is 19.0 Å². The van der Waals surface area contributed by atoms with Gasteiger partial charge in [-0.25, -0.2) is 4.79 Å². The summed E-state index contributed by atoms with van der Waals surface area (Å²) in [6.45, 7) is 3.78. The summed E-state index contributed by atoms with van der Waals surface area (Å²) in [6, 6.07) is 0. The number of nitrogens with zero attached hydrogens (tertiary/aromatic N) is 3. The highest BCUT2D eigenvalue weighted by molar-refractivity contribution is 5.95. The minimum absolute atomic E-state index is 0.0108. The third kappa shape index (κ3) is 4.05. The van der Waals surface area contributed by atoms with E-state index in [-0.39, 0.29) is 17.9 Å². The maximum absolute atomic E-state index is 12.6. The number of hydrogen-bond acceptors (Lipinski definition) is 4. The van der Waals surface area contributed by atoms with Crippen LogP contribution in [0.25, 0.3) is 0 Å². The van der Waals surface area contributed by atoms with Gasteiger partial charge in [0.1, 0.15) is 12.1 Å². The number of anilines is 1. The molecule has 0 radical (unpaired) electrons. The number of carbonyl (C=O) groups is 1. The molecule has 5 nitrogen and oxygen atoms in total. The standard InChI is InChI=1S/C13H18F3N3O2/c1-4-8-9(5-2)17-18-11(10(8)12(20)21)19(6-3)7-13(14,15)16/h4-7H2,1-3H3,(H,20,21). The van der Waals surface area contributed by atoms with E-state index in [2.05, 4.69) is 10.2 Å². The summed E-state index contributed by atoms with van der Waals surface area (Å²) < 4.78 is 37.8. The molecule has 0 aliphatic rings. The fourth-order valence-corrected chi connectivity index (χ4v) is 2.16. The van der Waals surface area contributed by atoms with Crippen LogP contribution in [-0.4, -0.2) is 40.5 Å². The Morgan fingerprint density at radius 3 is 2.19 bits per heavy atom. The monoisotopic (exact) mass is 305 g/mol. The van der Waals surface area contributed by atoms with Crippen molar-refractivity contribution in [1.29, 1.82) is 0 Å². The average Bonchev–Trinajstić information content (AvgIpc) is 2.41. The Hall–Kier alpha value is -1.86. The smallest absolute Gasteiger partial charge is 0.405 e. The number of rotatable bonds is 6. The molecule has 118 valence electrons. The van der Waals surface area contributed by atoms with Gasteiger partial charge in [0.05, 0.1) is 5.69 Å². The van der Waals surface area contributed by atoms with Crippen LogP contribution in [0.5, 0.6) is 0 Å². The van der Waals surface area contributed by atoms with E-state index >= 15 is 0 Å². The summed E-state index contributed by atoms with van der Waals surface area (Å²) in [5.74, 6) is -1.51. The van der Waals surface area contributed by atoms with Crippen LogP contribution in [-0.2, 0) is 12.8 Å². The molecular weight excluding hydrogens is 287 g/mol. The highest BCUT2D eigenvalue weighted by atomic mass is 19.4. The van der Waals surface area contributed by atoms with Gasteiger partial charge in [-0.1, -0.05) is 13.8 Å².